The van der Waals surface area contributed by atoms with E-state index in [9.17, 15) is 22.4 Å². The first-order chi connectivity index (χ1) is 10.3. The van der Waals surface area contributed by atoms with Gasteiger partial charge in [-0.05, 0) is 35.9 Å². The maximum Gasteiger partial charge on any atom is 0.417 e. The first kappa shape index (κ1) is 15.7. The van der Waals surface area contributed by atoms with Crippen molar-refractivity contribution in [2.24, 2.45) is 0 Å². The van der Waals surface area contributed by atoms with E-state index in [4.69, 9.17) is 0 Å². The number of amides is 1. The van der Waals surface area contributed by atoms with Crippen LogP contribution in [0.5, 0.6) is 0 Å². The number of aromatic nitrogens is 1. The number of hydrogen-bond donors (Lipinski definition) is 1. The van der Waals surface area contributed by atoms with Gasteiger partial charge in [0, 0.05) is 12.3 Å². The van der Waals surface area contributed by atoms with Gasteiger partial charge in [-0.1, -0.05) is 12.1 Å². The van der Waals surface area contributed by atoms with Gasteiger partial charge < -0.3 is 5.32 Å². The third-order valence-electron chi connectivity index (χ3n) is 2.64. The minimum Gasteiger partial charge on any atom is -0.307 e. The van der Waals surface area contributed by atoms with Crippen LogP contribution in [0.2, 0.25) is 0 Å². The van der Waals surface area contributed by atoms with Crippen molar-refractivity contribution in [3.8, 4) is 0 Å². The molecule has 0 aliphatic rings. The van der Waals surface area contributed by atoms with E-state index >= 15 is 0 Å². The van der Waals surface area contributed by atoms with E-state index in [1.807, 2.05) is 0 Å². The van der Waals surface area contributed by atoms with Crippen LogP contribution >= 0.6 is 0 Å². The Morgan fingerprint density at radius 1 is 1.09 bits per heavy atom. The highest BCUT2D eigenvalue weighted by molar-refractivity contribution is 6.01. The molecule has 7 heteroatoms. The molecular weight excluding hydrogens is 300 g/mol. The van der Waals surface area contributed by atoms with Crippen LogP contribution in [0.4, 0.5) is 23.4 Å². The summed E-state index contributed by atoms with van der Waals surface area (Å²) in [7, 11) is 0. The minimum absolute atomic E-state index is 0.00163. The van der Waals surface area contributed by atoms with Crippen LogP contribution in [0, 0.1) is 5.82 Å². The monoisotopic (exact) mass is 310 g/mol. The summed E-state index contributed by atoms with van der Waals surface area (Å²) >= 11 is 0. The number of carbonyl (C=O) groups excluding carboxylic acids is 1. The fourth-order valence-electron chi connectivity index (χ4n) is 1.55. The van der Waals surface area contributed by atoms with Crippen LogP contribution < -0.4 is 5.32 Å². The summed E-state index contributed by atoms with van der Waals surface area (Å²) in [5.41, 5.74) is -0.288. The Morgan fingerprint density at radius 2 is 1.77 bits per heavy atom. The summed E-state index contributed by atoms with van der Waals surface area (Å²) < 4.78 is 49.8. The van der Waals surface area contributed by atoms with Crippen molar-refractivity contribution in [1.29, 1.82) is 0 Å². The molecule has 0 aliphatic heterocycles. The number of carbonyl (C=O) groups is 1. The summed E-state index contributed by atoms with van der Waals surface area (Å²) in [6.45, 7) is 0. The molecule has 1 amide bonds. The third-order valence-corrected chi connectivity index (χ3v) is 2.64. The number of benzene rings is 1. The Balaban J connectivity index is 1.98. The molecule has 1 aromatic carbocycles. The van der Waals surface area contributed by atoms with Gasteiger partial charge in [0.25, 0.3) is 0 Å². The molecule has 3 nitrogen and oxygen atoms in total. The van der Waals surface area contributed by atoms with E-state index in [2.05, 4.69) is 10.3 Å². The molecule has 0 aliphatic carbocycles. The lowest BCUT2D eigenvalue weighted by atomic mass is 10.2. The molecule has 1 heterocycles. The van der Waals surface area contributed by atoms with Gasteiger partial charge >= 0.3 is 6.18 Å². The van der Waals surface area contributed by atoms with Crippen molar-refractivity contribution in [1.82, 2.24) is 4.98 Å². The topological polar surface area (TPSA) is 42.0 Å². The number of nitrogens with one attached hydrogen (secondary N) is 1. The van der Waals surface area contributed by atoms with Gasteiger partial charge in [0.1, 0.15) is 11.6 Å². The third kappa shape index (κ3) is 4.41. The minimum atomic E-state index is -4.47. The lowest BCUT2D eigenvalue weighted by Crippen LogP contribution is -2.11. The molecule has 0 saturated carbocycles. The zero-order valence-corrected chi connectivity index (χ0v) is 11.1. The normalized spacial score (nSPS) is 11.6. The summed E-state index contributed by atoms with van der Waals surface area (Å²) in [6.07, 6.45) is -1.22. The molecule has 0 atom stereocenters. The van der Waals surface area contributed by atoms with Crippen molar-refractivity contribution in [2.75, 3.05) is 5.32 Å². The van der Waals surface area contributed by atoms with E-state index in [1.165, 1.54) is 36.4 Å². The highest BCUT2D eigenvalue weighted by Gasteiger charge is 2.30. The highest BCUT2D eigenvalue weighted by atomic mass is 19.4. The van der Waals surface area contributed by atoms with Crippen molar-refractivity contribution in [3.05, 3.63) is 65.6 Å². The van der Waals surface area contributed by atoms with E-state index in [0.29, 0.717) is 11.8 Å². The molecule has 2 aromatic rings. The summed E-state index contributed by atoms with van der Waals surface area (Å²) in [5.74, 6) is -0.950. The van der Waals surface area contributed by atoms with E-state index in [0.717, 1.165) is 12.1 Å². The van der Waals surface area contributed by atoms with Gasteiger partial charge in [-0.25, -0.2) is 9.37 Å². The maximum absolute atomic E-state index is 12.7. The number of hydrogen-bond acceptors (Lipinski definition) is 2. The van der Waals surface area contributed by atoms with E-state index in [-0.39, 0.29) is 5.82 Å². The van der Waals surface area contributed by atoms with Crippen LogP contribution in [-0.2, 0) is 11.0 Å². The average Bonchev–Trinajstić information content (AvgIpc) is 2.46. The second-order valence-electron chi connectivity index (χ2n) is 4.30. The van der Waals surface area contributed by atoms with Crippen LogP contribution in [0.1, 0.15) is 11.1 Å². The van der Waals surface area contributed by atoms with Crippen LogP contribution in [0.3, 0.4) is 0 Å². The molecule has 0 radical (unpaired) electrons. The molecule has 2 rings (SSSR count). The number of anilines is 1. The van der Waals surface area contributed by atoms with Crippen LogP contribution in [0.25, 0.3) is 6.08 Å². The largest absolute Gasteiger partial charge is 0.417 e. The maximum atomic E-state index is 12.7. The quantitative estimate of drug-likeness (QED) is 0.690. The van der Waals surface area contributed by atoms with Crippen LogP contribution in [-0.4, -0.2) is 10.9 Å². The van der Waals surface area contributed by atoms with E-state index in [1.54, 1.807) is 0 Å². The second-order valence-corrected chi connectivity index (χ2v) is 4.30. The molecule has 0 unspecified atom stereocenters. The first-order valence-electron chi connectivity index (χ1n) is 6.12. The predicted molar refractivity (Wildman–Crippen MR) is 73.3 cm³/mol. The number of alkyl halides is 3. The lowest BCUT2D eigenvalue weighted by Gasteiger charge is -2.06. The molecule has 0 bridgehead atoms. The van der Waals surface area contributed by atoms with Crippen molar-refractivity contribution >= 4 is 17.8 Å². The SMILES string of the molecule is O=C(/C=C/c1ccc(F)cc1)Nc1ccc(C(F)(F)F)cn1. The predicted octanol–water partition coefficient (Wildman–Crippen LogP) is 3.89. The molecule has 0 spiro atoms. The fourth-order valence-corrected chi connectivity index (χ4v) is 1.55. The van der Waals surface area contributed by atoms with Gasteiger partial charge in [0.2, 0.25) is 5.91 Å². The Bertz CT molecular complexity index is 676. The van der Waals surface area contributed by atoms with Crippen molar-refractivity contribution in [2.45, 2.75) is 6.18 Å². The second kappa shape index (κ2) is 6.38. The van der Waals surface area contributed by atoms with Crippen molar-refractivity contribution in [3.63, 3.8) is 0 Å². The Hall–Kier alpha value is -2.70. The number of halogens is 4. The van der Waals surface area contributed by atoms with Gasteiger partial charge in [-0.15, -0.1) is 0 Å². The molecule has 22 heavy (non-hydrogen) atoms. The van der Waals surface area contributed by atoms with Gasteiger partial charge in [0.05, 0.1) is 5.56 Å². The summed E-state index contributed by atoms with van der Waals surface area (Å²) in [5, 5.41) is 2.32. The fraction of sp³-hybridized carbons (Fsp3) is 0.0667. The zero-order valence-electron chi connectivity index (χ0n) is 11.1. The summed E-state index contributed by atoms with van der Waals surface area (Å²) in [6, 6.07) is 7.34. The van der Waals surface area contributed by atoms with Crippen molar-refractivity contribution < 1.29 is 22.4 Å². The van der Waals surface area contributed by atoms with E-state index < -0.39 is 23.5 Å². The summed E-state index contributed by atoms with van der Waals surface area (Å²) in [4.78, 5) is 15.1. The molecular formula is C15H10F4N2O. The van der Waals surface area contributed by atoms with Crippen LogP contribution in [0.15, 0.2) is 48.7 Å². The van der Waals surface area contributed by atoms with Gasteiger partial charge in [-0.2, -0.15) is 13.2 Å². The molecule has 0 fully saturated rings. The zero-order chi connectivity index (χ0) is 16.2. The molecule has 1 N–H and O–H groups in total. The Labute approximate surface area is 123 Å². The van der Waals surface area contributed by atoms with Gasteiger partial charge in [0.15, 0.2) is 0 Å². The number of rotatable bonds is 3. The standard InChI is InChI=1S/C15H10F4N2O/c16-12-5-1-10(2-6-12)3-8-14(22)21-13-7-4-11(9-20-13)15(17,18)19/h1-9H,(H,20,21,22)/b8-3+. The number of pyridine rings is 1. The molecule has 1 aromatic heterocycles. The average molecular weight is 310 g/mol. The molecule has 114 valence electrons. The highest BCUT2D eigenvalue weighted by Crippen LogP contribution is 2.28. The lowest BCUT2D eigenvalue weighted by molar-refractivity contribution is -0.137. The Morgan fingerprint density at radius 3 is 2.32 bits per heavy atom. The number of nitrogens with zero attached hydrogens (tertiary/aromatic N) is 1. The molecule has 0 saturated heterocycles. The Kier molecular flexibility index (Phi) is 4.55. The first-order valence-corrected chi connectivity index (χ1v) is 6.12. The van der Waals surface area contributed by atoms with Gasteiger partial charge in [-0.3, -0.25) is 4.79 Å². The smallest absolute Gasteiger partial charge is 0.307 e.